The number of anilines is 1. The number of amides is 1. The highest BCUT2D eigenvalue weighted by Gasteiger charge is 2.14. The summed E-state index contributed by atoms with van der Waals surface area (Å²) in [7, 11) is 0. The summed E-state index contributed by atoms with van der Waals surface area (Å²) in [6.45, 7) is 0.624. The van der Waals surface area contributed by atoms with E-state index in [1.54, 1.807) is 18.3 Å². The summed E-state index contributed by atoms with van der Waals surface area (Å²) in [4.78, 5) is 15.5. The Balaban J connectivity index is 1.44. The van der Waals surface area contributed by atoms with Crippen molar-refractivity contribution >= 4 is 11.6 Å². The van der Waals surface area contributed by atoms with Gasteiger partial charge in [0.1, 0.15) is 11.5 Å². The van der Waals surface area contributed by atoms with E-state index in [-0.39, 0.29) is 11.7 Å². The Bertz CT molecular complexity index is 700. The van der Waals surface area contributed by atoms with Crippen molar-refractivity contribution < 1.29 is 14.6 Å². The van der Waals surface area contributed by atoms with Crippen molar-refractivity contribution in [2.45, 2.75) is 32.1 Å². The number of rotatable bonds is 6. The van der Waals surface area contributed by atoms with Crippen LogP contribution in [0.15, 0.2) is 36.5 Å². The molecule has 5 heteroatoms. The van der Waals surface area contributed by atoms with Gasteiger partial charge in [-0.15, -0.1) is 0 Å². The molecule has 5 nitrogen and oxygen atoms in total. The fraction of sp³-hybridized carbons (Fsp3) is 0.333. The largest absolute Gasteiger partial charge is 0.506 e. The third-order valence-corrected chi connectivity index (χ3v) is 3.92. The van der Waals surface area contributed by atoms with Crippen molar-refractivity contribution in [2.24, 2.45) is 0 Å². The summed E-state index contributed by atoms with van der Waals surface area (Å²) >= 11 is 0. The summed E-state index contributed by atoms with van der Waals surface area (Å²) in [6.07, 6.45) is 5.53. The van der Waals surface area contributed by atoms with E-state index in [9.17, 15) is 9.90 Å². The number of nitrogens with zero attached hydrogens (tertiary/aromatic N) is 1. The molecule has 2 heterocycles. The quantitative estimate of drug-likeness (QED) is 0.804. The van der Waals surface area contributed by atoms with Crippen LogP contribution in [-0.4, -0.2) is 22.6 Å². The number of unbranched alkanes of at least 4 members (excludes halogenated alkanes) is 1. The molecule has 1 aromatic heterocycles. The molecule has 0 atom stereocenters. The number of carbonyl (C=O) groups is 1. The number of aromatic hydroxyl groups is 1. The van der Waals surface area contributed by atoms with E-state index in [0.717, 1.165) is 48.4 Å². The Morgan fingerprint density at radius 3 is 3.00 bits per heavy atom. The third kappa shape index (κ3) is 4.00. The number of aromatic nitrogens is 1. The van der Waals surface area contributed by atoms with Crippen molar-refractivity contribution in [3.8, 4) is 11.5 Å². The van der Waals surface area contributed by atoms with Crippen molar-refractivity contribution in [1.29, 1.82) is 0 Å². The van der Waals surface area contributed by atoms with Crippen LogP contribution >= 0.6 is 0 Å². The van der Waals surface area contributed by atoms with Crippen LogP contribution in [0.4, 0.5) is 5.69 Å². The summed E-state index contributed by atoms with van der Waals surface area (Å²) in [5.41, 5.74) is 2.75. The molecule has 0 aliphatic carbocycles. The number of nitrogens with one attached hydrogen (secondary N) is 1. The van der Waals surface area contributed by atoms with Crippen molar-refractivity contribution in [3.63, 3.8) is 0 Å². The van der Waals surface area contributed by atoms with Gasteiger partial charge in [0.05, 0.1) is 12.3 Å². The van der Waals surface area contributed by atoms with Crippen LogP contribution in [0.1, 0.15) is 30.5 Å². The molecule has 0 radical (unpaired) electrons. The van der Waals surface area contributed by atoms with Crippen molar-refractivity contribution in [3.05, 3.63) is 47.8 Å². The minimum atomic E-state index is 0.0731. The average Bonchev–Trinajstić information content (AvgIpc) is 2.56. The summed E-state index contributed by atoms with van der Waals surface area (Å²) in [6, 6.07) is 9.16. The second kappa shape index (κ2) is 7.13. The van der Waals surface area contributed by atoms with Crippen LogP contribution < -0.4 is 10.1 Å². The highest BCUT2D eigenvalue weighted by atomic mass is 16.5. The molecule has 1 aliphatic rings. The van der Waals surface area contributed by atoms with Gasteiger partial charge in [0, 0.05) is 18.3 Å². The highest BCUT2D eigenvalue weighted by molar-refractivity contribution is 5.93. The Labute approximate surface area is 135 Å². The van der Waals surface area contributed by atoms with Crippen LogP contribution in [-0.2, 0) is 17.6 Å². The smallest absolute Gasteiger partial charge is 0.224 e. The van der Waals surface area contributed by atoms with Gasteiger partial charge in [-0.05, 0) is 61.6 Å². The molecule has 0 saturated carbocycles. The third-order valence-electron chi connectivity index (χ3n) is 3.92. The van der Waals surface area contributed by atoms with Crippen LogP contribution in [0, 0.1) is 0 Å². The lowest BCUT2D eigenvalue weighted by atomic mass is 10.0. The Hall–Kier alpha value is -2.56. The van der Waals surface area contributed by atoms with Crippen molar-refractivity contribution in [2.75, 3.05) is 11.9 Å². The first kappa shape index (κ1) is 15.3. The average molecular weight is 312 g/mol. The number of pyridine rings is 1. The minimum Gasteiger partial charge on any atom is -0.506 e. The molecule has 23 heavy (non-hydrogen) atoms. The molecular weight excluding hydrogens is 292 g/mol. The zero-order valence-electron chi connectivity index (χ0n) is 12.9. The van der Waals surface area contributed by atoms with Gasteiger partial charge in [-0.2, -0.15) is 0 Å². The Morgan fingerprint density at radius 2 is 2.13 bits per heavy atom. The molecule has 2 aromatic rings. The SMILES string of the molecule is O=C1CCc2cc(OCCCCc3ncccc3O)ccc2N1. The monoisotopic (exact) mass is 312 g/mol. The standard InChI is InChI=1S/C18H20N2O3/c21-17-5-3-10-19-16(17)4-1-2-11-23-14-7-8-15-13(12-14)6-9-18(22)20-15/h3,5,7-8,10,12,21H,1-2,4,6,9,11H2,(H,20,22). The van der Waals surface area contributed by atoms with Gasteiger partial charge in [-0.25, -0.2) is 0 Å². The number of fused-ring (bicyclic) bond motifs is 1. The van der Waals surface area contributed by atoms with E-state index < -0.39 is 0 Å². The summed E-state index contributed by atoms with van der Waals surface area (Å²) in [5.74, 6) is 1.16. The Morgan fingerprint density at radius 1 is 1.22 bits per heavy atom. The van der Waals surface area contributed by atoms with Gasteiger partial charge in [-0.1, -0.05) is 0 Å². The van der Waals surface area contributed by atoms with E-state index in [2.05, 4.69) is 10.3 Å². The normalized spacial score (nSPS) is 13.3. The van der Waals surface area contributed by atoms with E-state index in [1.165, 1.54) is 0 Å². The maximum atomic E-state index is 11.3. The minimum absolute atomic E-state index is 0.0731. The fourth-order valence-corrected chi connectivity index (χ4v) is 2.66. The number of benzene rings is 1. The first-order valence-electron chi connectivity index (χ1n) is 7.91. The molecule has 120 valence electrons. The molecule has 0 fully saturated rings. The van der Waals surface area contributed by atoms with Gasteiger partial charge in [-0.3, -0.25) is 9.78 Å². The van der Waals surface area contributed by atoms with E-state index in [4.69, 9.17) is 4.74 Å². The number of hydrogen-bond acceptors (Lipinski definition) is 4. The number of aryl methyl sites for hydroxylation is 2. The lowest BCUT2D eigenvalue weighted by molar-refractivity contribution is -0.116. The maximum absolute atomic E-state index is 11.3. The lowest BCUT2D eigenvalue weighted by Gasteiger charge is -2.17. The van der Waals surface area contributed by atoms with Gasteiger partial charge in [0.25, 0.3) is 0 Å². The van der Waals surface area contributed by atoms with Gasteiger partial charge < -0.3 is 15.2 Å². The first-order chi connectivity index (χ1) is 11.2. The van der Waals surface area contributed by atoms with Crippen molar-refractivity contribution in [1.82, 2.24) is 4.98 Å². The molecule has 2 N–H and O–H groups in total. The predicted octanol–water partition coefficient (Wildman–Crippen LogP) is 3.07. The summed E-state index contributed by atoms with van der Waals surface area (Å²) < 4.78 is 5.77. The van der Waals surface area contributed by atoms with Gasteiger partial charge in [0.15, 0.2) is 0 Å². The number of carbonyl (C=O) groups excluding carboxylic acids is 1. The molecule has 1 aromatic carbocycles. The highest BCUT2D eigenvalue weighted by Crippen LogP contribution is 2.27. The maximum Gasteiger partial charge on any atom is 0.224 e. The van der Waals surface area contributed by atoms with Crippen LogP contribution in [0.5, 0.6) is 11.5 Å². The zero-order chi connectivity index (χ0) is 16.1. The van der Waals surface area contributed by atoms with Crippen LogP contribution in [0.3, 0.4) is 0 Å². The fourth-order valence-electron chi connectivity index (χ4n) is 2.66. The van der Waals surface area contributed by atoms with E-state index in [1.807, 2.05) is 18.2 Å². The molecule has 0 bridgehead atoms. The molecule has 1 aliphatic heterocycles. The second-order valence-corrected chi connectivity index (χ2v) is 5.64. The summed E-state index contributed by atoms with van der Waals surface area (Å²) in [5, 5.41) is 12.5. The molecule has 0 unspecified atom stereocenters. The zero-order valence-corrected chi connectivity index (χ0v) is 12.9. The Kier molecular flexibility index (Phi) is 4.76. The number of ether oxygens (including phenoxy) is 1. The molecule has 3 rings (SSSR count). The molecule has 0 saturated heterocycles. The van der Waals surface area contributed by atoms with E-state index >= 15 is 0 Å². The molecular formula is C18H20N2O3. The second-order valence-electron chi connectivity index (χ2n) is 5.64. The topological polar surface area (TPSA) is 71.5 Å². The van der Waals surface area contributed by atoms with Crippen LogP contribution in [0.2, 0.25) is 0 Å². The molecule has 1 amide bonds. The lowest BCUT2D eigenvalue weighted by Crippen LogP contribution is -2.18. The number of hydrogen-bond donors (Lipinski definition) is 2. The van der Waals surface area contributed by atoms with Crippen LogP contribution in [0.25, 0.3) is 0 Å². The van der Waals surface area contributed by atoms with E-state index in [0.29, 0.717) is 13.0 Å². The predicted molar refractivity (Wildman–Crippen MR) is 87.7 cm³/mol. The van der Waals surface area contributed by atoms with Gasteiger partial charge in [0.2, 0.25) is 5.91 Å². The molecule has 0 spiro atoms. The first-order valence-corrected chi connectivity index (χ1v) is 7.91. The van der Waals surface area contributed by atoms with Gasteiger partial charge >= 0.3 is 0 Å².